The Labute approximate surface area is 219 Å². The highest BCUT2D eigenvalue weighted by Crippen LogP contribution is 2.32. The molecule has 0 fully saturated rings. The van der Waals surface area contributed by atoms with Gasteiger partial charge in [-0.2, -0.15) is 0 Å². The Kier molecular flexibility index (Phi) is 6.29. The second kappa shape index (κ2) is 10.0. The molecule has 0 aliphatic heterocycles. The lowest BCUT2D eigenvalue weighted by Gasteiger charge is -2.16. The molecule has 0 amide bonds. The third-order valence-corrected chi connectivity index (χ3v) is 7.52. The number of benzene rings is 5. The normalized spacial score (nSPS) is 11.2. The van der Waals surface area contributed by atoms with E-state index in [1.165, 1.54) is 22.4 Å². The van der Waals surface area contributed by atoms with Gasteiger partial charge in [-0.1, -0.05) is 48.5 Å². The Balaban J connectivity index is 1.22. The van der Waals surface area contributed by atoms with Crippen molar-refractivity contribution in [3.63, 3.8) is 0 Å². The van der Waals surface area contributed by atoms with Crippen LogP contribution < -0.4 is 10.1 Å². The number of halogens is 1. The van der Waals surface area contributed by atoms with Crippen molar-refractivity contribution in [3.8, 4) is 16.3 Å². The zero-order chi connectivity index (χ0) is 25.2. The molecule has 37 heavy (non-hydrogen) atoms. The van der Waals surface area contributed by atoms with Crippen molar-refractivity contribution >= 4 is 38.0 Å². The van der Waals surface area contributed by atoms with E-state index in [-0.39, 0.29) is 5.82 Å². The summed E-state index contributed by atoms with van der Waals surface area (Å²) >= 11 is 1.72. The van der Waals surface area contributed by atoms with Crippen LogP contribution >= 0.6 is 11.3 Å². The molecular formula is C32H25FN2OS. The molecular weight excluding hydrogens is 479 g/mol. The number of ether oxygens (including phenoxy) is 1. The van der Waals surface area contributed by atoms with Crippen molar-refractivity contribution in [1.29, 1.82) is 0 Å². The minimum atomic E-state index is -0.247. The number of hydrogen-bond donors (Lipinski definition) is 1. The molecule has 5 aromatic carbocycles. The number of anilines is 1. The fourth-order valence-corrected chi connectivity index (χ4v) is 5.52. The van der Waals surface area contributed by atoms with Crippen LogP contribution in [-0.2, 0) is 13.2 Å². The zero-order valence-corrected chi connectivity index (χ0v) is 21.2. The van der Waals surface area contributed by atoms with Crippen molar-refractivity contribution in [2.24, 2.45) is 0 Å². The van der Waals surface area contributed by atoms with Gasteiger partial charge in [-0.3, -0.25) is 0 Å². The number of aromatic nitrogens is 1. The van der Waals surface area contributed by atoms with Crippen LogP contribution in [0.2, 0.25) is 0 Å². The van der Waals surface area contributed by atoms with Gasteiger partial charge in [0, 0.05) is 23.4 Å². The van der Waals surface area contributed by atoms with E-state index < -0.39 is 0 Å². The molecule has 0 radical (unpaired) electrons. The first-order chi connectivity index (χ1) is 18.1. The summed E-state index contributed by atoms with van der Waals surface area (Å²) in [5.74, 6) is 0.570. The fraction of sp³-hybridized carbons (Fsp3) is 0.0938. The van der Waals surface area contributed by atoms with E-state index in [2.05, 4.69) is 72.9 Å². The molecule has 5 heteroatoms. The lowest BCUT2D eigenvalue weighted by molar-refractivity contribution is 0.303. The first-order valence-corrected chi connectivity index (χ1v) is 13.0. The average molecular weight is 505 g/mol. The number of nitrogens with one attached hydrogen (secondary N) is 1. The molecule has 6 aromatic rings. The van der Waals surface area contributed by atoms with Crippen LogP contribution in [0.4, 0.5) is 10.1 Å². The third-order valence-electron chi connectivity index (χ3n) is 6.45. The molecule has 0 aliphatic carbocycles. The quantitative estimate of drug-likeness (QED) is 0.236. The molecule has 1 aromatic heterocycles. The Bertz CT molecular complexity index is 1690. The molecule has 3 nitrogen and oxygen atoms in total. The number of nitrogens with zero attached hydrogens (tertiary/aromatic N) is 1. The molecule has 0 unspecified atom stereocenters. The Hall–Kier alpha value is -4.22. The number of thiazole rings is 1. The van der Waals surface area contributed by atoms with Gasteiger partial charge < -0.3 is 10.1 Å². The van der Waals surface area contributed by atoms with E-state index in [1.807, 2.05) is 18.2 Å². The lowest BCUT2D eigenvalue weighted by atomic mass is 10.0. The summed E-state index contributed by atoms with van der Waals surface area (Å²) in [5.41, 5.74) is 6.43. The van der Waals surface area contributed by atoms with E-state index in [0.717, 1.165) is 49.4 Å². The Morgan fingerprint density at radius 2 is 1.68 bits per heavy atom. The van der Waals surface area contributed by atoms with E-state index in [0.29, 0.717) is 13.2 Å². The van der Waals surface area contributed by atoms with Crippen LogP contribution in [0.25, 0.3) is 31.6 Å². The highest BCUT2D eigenvalue weighted by molar-refractivity contribution is 7.21. The minimum absolute atomic E-state index is 0.247. The zero-order valence-electron chi connectivity index (χ0n) is 20.4. The maximum Gasteiger partial charge on any atom is 0.125 e. The van der Waals surface area contributed by atoms with Gasteiger partial charge in [0.1, 0.15) is 23.2 Å². The van der Waals surface area contributed by atoms with Gasteiger partial charge in [0.25, 0.3) is 0 Å². The number of aryl methyl sites for hydroxylation is 1. The fourth-order valence-electron chi connectivity index (χ4n) is 4.45. The largest absolute Gasteiger partial charge is 0.489 e. The summed E-state index contributed by atoms with van der Waals surface area (Å²) in [4.78, 5) is 4.80. The van der Waals surface area contributed by atoms with Gasteiger partial charge in [-0.25, -0.2) is 9.37 Å². The monoisotopic (exact) mass is 504 g/mol. The summed E-state index contributed by atoms with van der Waals surface area (Å²) in [6.45, 7) is 3.09. The molecule has 0 aliphatic rings. The van der Waals surface area contributed by atoms with Gasteiger partial charge >= 0.3 is 0 Å². The predicted molar refractivity (Wildman–Crippen MR) is 152 cm³/mol. The Morgan fingerprint density at radius 1 is 0.865 bits per heavy atom. The molecule has 6 rings (SSSR count). The highest BCUT2D eigenvalue weighted by atomic mass is 32.1. The first-order valence-electron chi connectivity index (χ1n) is 12.2. The summed E-state index contributed by atoms with van der Waals surface area (Å²) < 4.78 is 20.7. The summed E-state index contributed by atoms with van der Waals surface area (Å²) in [6.07, 6.45) is 0. The highest BCUT2D eigenvalue weighted by Gasteiger charge is 2.11. The molecule has 1 heterocycles. The van der Waals surface area contributed by atoms with Crippen molar-refractivity contribution in [1.82, 2.24) is 4.98 Å². The topological polar surface area (TPSA) is 34.2 Å². The van der Waals surface area contributed by atoms with Crippen LogP contribution in [0.1, 0.15) is 16.7 Å². The maximum absolute atomic E-state index is 13.3. The minimum Gasteiger partial charge on any atom is -0.489 e. The van der Waals surface area contributed by atoms with Gasteiger partial charge in [-0.15, -0.1) is 11.3 Å². The van der Waals surface area contributed by atoms with Gasteiger partial charge in [0.15, 0.2) is 0 Å². The third kappa shape index (κ3) is 5.04. The number of rotatable bonds is 7. The van der Waals surface area contributed by atoms with E-state index in [9.17, 15) is 4.39 Å². The van der Waals surface area contributed by atoms with E-state index in [1.54, 1.807) is 23.5 Å². The lowest BCUT2D eigenvalue weighted by Crippen LogP contribution is -2.05. The summed E-state index contributed by atoms with van der Waals surface area (Å²) in [6, 6.07) is 33.6. The smallest absolute Gasteiger partial charge is 0.125 e. The summed E-state index contributed by atoms with van der Waals surface area (Å²) in [7, 11) is 0. The van der Waals surface area contributed by atoms with Gasteiger partial charge in [0.2, 0.25) is 0 Å². The van der Waals surface area contributed by atoms with E-state index in [4.69, 9.17) is 9.72 Å². The molecule has 0 spiro atoms. The van der Waals surface area contributed by atoms with Crippen molar-refractivity contribution in [2.75, 3.05) is 5.32 Å². The van der Waals surface area contributed by atoms with Crippen LogP contribution in [0, 0.1) is 12.7 Å². The second-order valence-electron chi connectivity index (χ2n) is 9.10. The Morgan fingerprint density at radius 3 is 2.51 bits per heavy atom. The van der Waals surface area contributed by atoms with Crippen LogP contribution in [0.5, 0.6) is 5.75 Å². The first kappa shape index (κ1) is 23.2. The predicted octanol–water partition coefficient (Wildman–Crippen LogP) is 8.76. The summed E-state index contributed by atoms with van der Waals surface area (Å²) in [5, 5.41) is 6.90. The van der Waals surface area contributed by atoms with Gasteiger partial charge in [0.05, 0.1) is 10.2 Å². The van der Waals surface area contributed by atoms with Gasteiger partial charge in [-0.05, 0) is 83.4 Å². The van der Waals surface area contributed by atoms with Crippen LogP contribution in [0.3, 0.4) is 0 Å². The molecule has 0 atom stereocenters. The number of hydrogen-bond acceptors (Lipinski definition) is 4. The number of fused-ring (bicyclic) bond motifs is 2. The maximum atomic E-state index is 13.3. The van der Waals surface area contributed by atoms with Crippen LogP contribution in [-0.4, -0.2) is 4.98 Å². The molecule has 0 saturated heterocycles. The van der Waals surface area contributed by atoms with Crippen molar-refractivity contribution in [2.45, 2.75) is 20.1 Å². The standard InChI is InChI=1S/C32H25FN2OS/c1-21-6-16-29-31(18-21)37-32(35-29)24-9-14-26(15-10-24)34-19-28-27-5-3-2-4-23(27)11-17-30(28)36-20-22-7-12-25(33)13-8-22/h2-18,34H,19-20H2,1H3. The van der Waals surface area contributed by atoms with Crippen LogP contribution in [0.15, 0.2) is 103 Å². The SMILES string of the molecule is Cc1ccc2nc(-c3ccc(NCc4c(OCc5ccc(F)cc5)ccc5ccccc45)cc3)sc2c1. The van der Waals surface area contributed by atoms with E-state index >= 15 is 0 Å². The second-order valence-corrected chi connectivity index (χ2v) is 10.1. The molecule has 0 bridgehead atoms. The molecule has 182 valence electrons. The van der Waals surface area contributed by atoms with Crippen molar-refractivity contribution in [3.05, 3.63) is 126 Å². The molecule has 1 N–H and O–H groups in total. The van der Waals surface area contributed by atoms with Crippen molar-refractivity contribution < 1.29 is 9.13 Å². The average Bonchev–Trinajstić information content (AvgIpc) is 3.35. The molecule has 0 saturated carbocycles.